The molecule has 0 atom stereocenters. The van der Waals surface area contributed by atoms with Crippen molar-refractivity contribution in [2.75, 3.05) is 11.9 Å². The van der Waals surface area contributed by atoms with Crippen molar-refractivity contribution in [3.05, 3.63) is 5.01 Å². The van der Waals surface area contributed by atoms with Gasteiger partial charge in [-0.15, -0.1) is 10.2 Å². The predicted molar refractivity (Wildman–Crippen MR) is 73.0 cm³/mol. The maximum atomic E-state index is 12.0. The van der Waals surface area contributed by atoms with Crippen molar-refractivity contribution in [3.8, 4) is 0 Å². The zero-order valence-corrected chi connectivity index (χ0v) is 11.7. The number of carbonyl (C=O) groups excluding carboxylic acids is 1. The van der Waals surface area contributed by atoms with Gasteiger partial charge in [-0.1, -0.05) is 18.3 Å². The van der Waals surface area contributed by atoms with E-state index >= 15 is 0 Å². The van der Waals surface area contributed by atoms with Crippen LogP contribution in [0.4, 0.5) is 5.13 Å². The molecule has 2 N–H and O–H groups in total. The lowest BCUT2D eigenvalue weighted by Gasteiger charge is -2.26. The molecule has 1 saturated carbocycles. The van der Waals surface area contributed by atoms with Crippen molar-refractivity contribution >= 4 is 22.4 Å². The Bertz CT molecular complexity index is 399. The lowest BCUT2D eigenvalue weighted by Crippen LogP contribution is -2.37. The third-order valence-corrected chi connectivity index (χ3v) is 4.18. The average molecular weight is 268 g/mol. The van der Waals surface area contributed by atoms with Gasteiger partial charge in [0.25, 0.3) is 5.91 Å². The summed E-state index contributed by atoms with van der Waals surface area (Å²) < 4.78 is 0. The highest BCUT2D eigenvalue weighted by Gasteiger charge is 2.21. The van der Waals surface area contributed by atoms with Crippen LogP contribution in [0, 0.1) is 5.92 Å². The Balaban J connectivity index is 1.86. The van der Waals surface area contributed by atoms with Gasteiger partial charge in [0.2, 0.25) is 10.1 Å². The van der Waals surface area contributed by atoms with Crippen molar-refractivity contribution in [3.63, 3.8) is 0 Å². The van der Waals surface area contributed by atoms with E-state index in [0.29, 0.717) is 16.2 Å². The molecule has 5 nitrogen and oxygen atoms in total. The smallest absolute Gasteiger partial charge is 0.282 e. The first-order valence-corrected chi connectivity index (χ1v) is 7.39. The number of nitrogens with one attached hydrogen (secondary N) is 2. The quantitative estimate of drug-likeness (QED) is 0.879. The van der Waals surface area contributed by atoms with E-state index in [2.05, 4.69) is 27.8 Å². The second kappa shape index (κ2) is 6.13. The van der Waals surface area contributed by atoms with Gasteiger partial charge in [-0.05, 0) is 38.5 Å². The SMILES string of the molecule is CCNc1nnc(C(=O)NC2CCC(C)CC2)s1. The van der Waals surface area contributed by atoms with Crippen LogP contribution < -0.4 is 10.6 Å². The highest BCUT2D eigenvalue weighted by atomic mass is 32.1. The Labute approximate surface area is 111 Å². The maximum Gasteiger partial charge on any atom is 0.282 e. The minimum atomic E-state index is -0.0868. The van der Waals surface area contributed by atoms with Crippen LogP contribution in [0.1, 0.15) is 49.3 Å². The van der Waals surface area contributed by atoms with E-state index in [1.54, 1.807) is 0 Å². The molecule has 0 aromatic carbocycles. The number of rotatable bonds is 4. The van der Waals surface area contributed by atoms with Crippen molar-refractivity contribution in [1.82, 2.24) is 15.5 Å². The summed E-state index contributed by atoms with van der Waals surface area (Å²) in [7, 11) is 0. The summed E-state index contributed by atoms with van der Waals surface area (Å²) in [5.74, 6) is 0.705. The molecule has 1 aliphatic rings. The van der Waals surface area contributed by atoms with Gasteiger partial charge < -0.3 is 10.6 Å². The minimum Gasteiger partial charge on any atom is -0.360 e. The van der Waals surface area contributed by atoms with Crippen molar-refractivity contribution in [2.24, 2.45) is 5.92 Å². The first-order valence-electron chi connectivity index (χ1n) is 6.57. The van der Waals surface area contributed by atoms with Crippen molar-refractivity contribution in [1.29, 1.82) is 0 Å². The average Bonchev–Trinajstić information content (AvgIpc) is 2.81. The molecule has 1 aromatic heterocycles. The third-order valence-electron chi connectivity index (χ3n) is 3.30. The Kier molecular flexibility index (Phi) is 4.52. The van der Waals surface area contributed by atoms with E-state index in [1.165, 1.54) is 24.2 Å². The van der Waals surface area contributed by atoms with Crippen LogP contribution in [0.5, 0.6) is 0 Å². The predicted octanol–water partition coefficient (Wildman–Crippen LogP) is 2.28. The highest BCUT2D eigenvalue weighted by Crippen LogP contribution is 2.24. The first-order chi connectivity index (χ1) is 8.69. The summed E-state index contributed by atoms with van der Waals surface area (Å²) in [5.41, 5.74) is 0. The van der Waals surface area contributed by atoms with Gasteiger partial charge in [0.1, 0.15) is 0 Å². The summed E-state index contributed by atoms with van der Waals surface area (Å²) in [6, 6.07) is 0.306. The molecule has 6 heteroatoms. The Morgan fingerprint density at radius 2 is 2.06 bits per heavy atom. The number of carbonyl (C=O) groups is 1. The molecular formula is C12H20N4OS. The third kappa shape index (κ3) is 3.41. The van der Waals surface area contributed by atoms with Gasteiger partial charge in [0.15, 0.2) is 0 Å². The highest BCUT2D eigenvalue weighted by molar-refractivity contribution is 7.17. The van der Waals surface area contributed by atoms with Crippen LogP contribution in [-0.4, -0.2) is 28.7 Å². The summed E-state index contributed by atoms with van der Waals surface area (Å²) in [6.45, 7) is 5.05. The largest absolute Gasteiger partial charge is 0.360 e. The van der Waals surface area contributed by atoms with E-state index in [0.717, 1.165) is 25.3 Å². The summed E-state index contributed by atoms with van der Waals surface area (Å²) in [4.78, 5) is 12.0. The first kappa shape index (κ1) is 13.3. The molecule has 100 valence electrons. The molecule has 1 aliphatic carbocycles. The van der Waals surface area contributed by atoms with E-state index in [4.69, 9.17) is 0 Å². The zero-order chi connectivity index (χ0) is 13.0. The molecule has 1 heterocycles. The molecule has 2 rings (SSSR count). The second-order valence-corrected chi connectivity index (χ2v) is 5.85. The van der Waals surface area contributed by atoms with Crippen LogP contribution in [0.2, 0.25) is 0 Å². The molecule has 0 spiro atoms. The molecular weight excluding hydrogens is 248 g/mol. The van der Waals surface area contributed by atoms with Gasteiger partial charge in [-0.3, -0.25) is 4.79 Å². The van der Waals surface area contributed by atoms with Crippen LogP contribution in [0.15, 0.2) is 0 Å². The fourth-order valence-electron chi connectivity index (χ4n) is 2.19. The van der Waals surface area contributed by atoms with E-state index in [1.807, 2.05) is 6.92 Å². The van der Waals surface area contributed by atoms with Crippen molar-refractivity contribution < 1.29 is 4.79 Å². The van der Waals surface area contributed by atoms with Crippen LogP contribution in [-0.2, 0) is 0 Å². The fraction of sp³-hybridized carbons (Fsp3) is 0.750. The van der Waals surface area contributed by atoms with Crippen LogP contribution in [0.25, 0.3) is 0 Å². The number of hydrogen-bond acceptors (Lipinski definition) is 5. The minimum absolute atomic E-state index is 0.0868. The standard InChI is InChI=1S/C12H20N4OS/c1-3-13-12-16-15-11(18-12)10(17)14-9-6-4-8(2)5-7-9/h8-9H,3-7H2,1-2H3,(H,13,16)(H,14,17). The lowest BCUT2D eigenvalue weighted by atomic mass is 9.87. The Hall–Kier alpha value is -1.17. The molecule has 0 bridgehead atoms. The molecule has 1 fully saturated rings. The monoisotopic (exact) mass is 268 g/mol. The summed E-state index contributed by atoms with van der Waals surface area (Å²) in [6.07, 6.45) is 4.55. The summed E-state index contributed by atoms with van der Waals surface area (Å²) >= 11 is 1.31. The Morgan fingerprint density at radius 3 is 2.72 bits per heavy atom. The van der Waals surface area contributed by atoms with Gasteiger partial charge in [-0.2, -0.15) is 0 Å². The number of nitrogens with zero attached hydrogens (tertiary/aromatic N) is 2. The van der Waals surface area contributed by atoms with Crippen LogP contribution >= 0.6 is 11.3 Å². The topological polar surface area (TPSA) is 66.9 Å². The zero-order valence-electron chi connectivity index (χ0n) is 10.9. The molecule has 0 radical (unpaired) electrons. The van der Waals surface area contributed by atoms with Gasteiger partial charge in [-0.25, -0.2) is 0 Å². The van der Waals surface area contributed by atoms with Gasteiger partial charge in [0.05, 0.1) is 0 Å². The molecule has 0 unspecified atom stereocenters. The maximum absolute atomic E-state index is 12.0. The molecule has 0 saturated heterocycles. The number of aromatic nitrogens is 2. The van der Waals surface area contributed by atoms with E-state index < -0.39 is 0 Å². The molecule has 0 aliphatic heterocycles. The summed E-state index contributed by atoms with van der Waals surface area (Å²) in [5, 5.41) is 15.1. The molecule has 1 aromatic rings. The normalized spacial score (nSPS) is 23.7. The molecule has 1 amide bonds. The molecule has 18 heavy (non-hydrogen) atoms. The van der Waals surface area contributed by atoms with E-state index in [9.17, 15) is 4.79 Å². The van der Waals surface area contributed by atoms with Crippen molar-refractivity contribution in [2.45, 2.75) is 45.6 Å². The van der Waals surface area contributed by atoms with Gasteiger partial charge in [0, 0.05) is 12.6 Å². The van der Waals surface area contributed by atoms with Gasteiger partial charge >= 0.3 is 0 Å². The second-order valence-electron chi connectivity index (χ2n) is 4.87. The Morgan fingerprint density at radius 1 is 1.33 bits per heavy atom. The fourth-order valence-corrected chi connectivity index (χ4v) is 2.90. The number of amides is 1. The lowest BCUT2D eigenvalue weighted by molar-refractivity contribution is 0.0922. The van der Waals surface area contributed by atoms with Crippen LogP contribution in [0.3, 0.4) is 0 Å². The van der Waals surface area contributed by atoms with E-state index in [-0.39, 0.29) is 5.91 Å². The number of hydrogen-bond donors (Lipinski definition) is 2. The number of anilines is 1.